The van der Waals surface area contributed by atoms with Crippen molar-refractivity contribution >= 4 is 60.5 Å². The van der Waals surface area contributed by atoms with Crippen LogP contribution >= 0.6 is 0 Å². The second-order valence-corrected chi connectivity index (χ2v) is 14.9. The lowest BCUT2D eigenvalue weighted by molar-refractivity contribution is 0.669. The summed E-state index contributed by atoms with van der Waals surface area (Å²) in [5, 5.41) is 7.30. The topological polar surface area (TPSA) is 16.4 Å². The lowest BCUT2D eigenvalue weighted by Crippen LogP contribution is -2.10. The van der Waals surface area contributed by atoms with Gasteiger partial charge in [-0.2, -0.15) is 0 Å². The van der Waals surface area contributed by atoms with Crippen LogP contribution in [0.2, 0.25) is 0 Å². The summed E-state index contributed by atoms with van der Waals surface area (Å²) in [5.74, 6) is 0. The SMILES string of the molecule is c1ccc(-c2ccc(N(c3ccc(-c4cc5ccccc5c5ccccc45)cc3)c3ccc(-c4ccc5oc6ccccc6c5c4)c(-c4ccccc4)c3)cc2)cc1. The summed E-state index contributed by atoms with van der Waals surface area (Å²) in [4.78, 5) is 2.38. The van der Waals surface area contributed by atoms with E-state index in [1.165, 1.54) is 49.4 Å². The van der Waals surface area contributed by atoms with Crippen LogP contribution in [0.5, 0.6) is 0 Å². The van der Waals surface area contributed by atoms with E-state index in [9.17, 15) is 0 Å². The summed E-state index contributed by atoms with van der Waals surface area (Å²) in [5.41, 5.74) is 14.5. The Hall–Kier alpha value is -7.68. The molecule has 0 saturated heterocycles. The van der Waals surface area contributed by atoms with Crippen LogP contribution in [0.4, 0.5) is 17.1 Å². The molecule has 0 aliphatic rings. The van der Waals surface area contributed by atoms with Crippen molar-refractivity contribution in [2.75, 3.05) is 4.90 Å². The minimum Gasteiger partial charge on any atom is -0.456 e. The average Bonchev–Trinajstić information content (AvgIpc) is 3.68. The smallest absolute Gasteiger partial charge is 0.135 e. The van der Waals surface area contributed by atoms with E-state index in [0.717, 1.165) is 55.7 Å². The van der Waals surface area contributed by atoms with Crippen LogP contribution in [0, 0.1) is 0 Å². The Morgan fingerprint density at radius 1 is 0.259 bits per heavy atom. The first-order chi connectivity index (χ1) is 28.7. The van der Waals surface area contributed by atoms with Gasteiger partial charge in [0.1, 0.15) is 11.2 Å². The molecular weight excluding hydrogens is 703 g/mol. The van der Waals surface area contributed by atoms with E-state index in [2.05, 4.69) is 217 Å². The van der Waals surface area contributed by atoms with Crippen LogP contribution < -0.4 is 4.90 Å². The number of hydrogen-bond acceptors (Lipinski definition) is 2. The molecule has 11 rings (SSSR count). The monoisotopic (exact) mass is 739 g/mol. The predicted octanol–water partition coefficient (Wildman–Crippen LogP) is 16.0. The zero-order chi connectivity index (χ0) is 38.4. The number of rotatable bonds is 7. The standard InChI is InChI=1S/C56H37NO/c1-3-13-38(14-4-1)39-23-28-44(29-24-39)57(45-30-25-41(26-31-45)52-35-42-17-7-8-18-47(42)49-19-9-10-20-50(49)52)46-32-33-48(53(37-46)40-15-5-2-6-16-40)43-27-34-56-54(36-43)51-21-11-12-22-55(51)58-56/h1-37H. The van der Waals surface area contributed by atoms with Gasteiger partial charge in [-0.15, -0.1) is 0 Å². The molecule has 2 nitrogen and oxygen atoms in total. The summed E-state index contributed by atoms with van der Waals surface area (Å²) in [6.45, 7) is 0. The molecular formula is C56H37NO. The van der Waals surface area contributed by atoms with Crippen molar-refractivity contribution in [3.8, 4) is 44.5 Å². The Morgan fingerprint density at radius 3 is 1.52 bits per heavy atom. The summed E-state index contributed by atoms with van der Waals surface area (Å²) in [6, 6.07) is 80.8. The number of para-hydroxylation sites is 1. The van der Waals surface area contributed by atoms with Gasteiger partial charge in [-0.1, -0.05) is 164 Å². The predicted molar refractivity (Wildman–Crippen MR) is 245 cm³/mol. The Balaban J connectivity index is 1.07. The van der Waals surface area contributed by atoms with Crippen LogP contribution in [0.25, 0.3) is 88.0 Å². The minimum atomic E-state index is 0.896. The third-order valence-corrected chi connectivity index (χ3v) is 11.5. The molecule has 0 aliphatic heterocycles. The van der Waals surface area contributed by atoms with Crippen molar-refractivity contribution in [1.82, 2.24) is 0 Å². The second kappa shape index (κ2) is 14.1. The highest BCUT2D eigenvalue weighted by atomic mass is 16.3. The highest BCUT2D eigenvalue weighted by Crippen LogP contribution is 2.43. The Kier molecular flexibility index (Phi) is 8.19. The normalized spacial score (nSPS) is 11.4. The number of benzene rings is 10. The van der Waals surface area contributed by atoms with Crippen molar-refractivity contribution in [2.24, 2.45) is 0 Å². The van der Waals surface area contributed by atoms with Gasteiger partial charge in [0, 0.05) is 27.8 Å². The van der Waals surface area contributed by atoms with Crippen molar-refractivity contribution in [3.05, 3.63) is 224 Å². The molecule has 0 bridgehead atoms. The lowest BCUT2D eigenvalue weighted by Gasteiger charge is -2.27. The van der Waals surface area contributed by atoms with E-state index in [1.807, 2.05) is 12.1 Å². The van der Waals surface area contributed by atoms with E-state index in [1.54, 1.807) is 0 Å². The number of furan rings is 1. The van der Waals surface area contributed by atoms with Crippen molar-refractivity contribution in [3.63, 3.8) is 0 Å². The van der Waals surface area contributed by atoms with Crippen LogP contribution in [-0.2, 0) is 0 Å². The molecule has 0 radical (unpaired) electrons. The van der Waals surface area contributed by atoms with Crippen molar-refractivity contribution in [2.45, 2.75) is 0 Å². The number of anilines is 3. The maximum Gasteiger partial charge on any atom is 0.135 e. The molecule has 0 unspecified atom stereocenters. The van der Waals surface area contributed by atoms with Gasteiger partial charge < -0.3 is 9.32 Å². The zero-order valence-electron chi connectivity index (χ0n) is 31.7. The Morgan fingerprint density at radius 2 is 0.776 bits per heavy atom. The quantitative estimate of drug-likeness (QED) is 0.151. The molecule has 0 atom stereocenters. The highest BCUT2D eigenvalue weighted by molar-refractivity contribution is 6.14. The fourth-order valence-corrected chi connectivity index (χ4v) is 8.64. The van der Waals surface area contributed by atoms with Gasteiger partial charge in [0.25, 0.3) is 0 Å². The Bertz CT molecular complexity index is 3250. The molecule has 2 heteroatoms. The van der Waals surface area contributed by atoms with Gasteiger partial charge in [-0.25, -0.2) is 0 Å². The molecule has 0 fully saturated rings. The Labute approximate surface area is 337 Å². The maximum atomic E-state index is 6.21. The minimum absolute atomic E-state index is 0.896. The van der Waals surface area contributed by atoms with Gasteiger partial charge in [-0.05, 0) is 127 Å². The van der Waals surface area contributed by atoms with E-state index in [-0.39, 0.29) is 0 Å². The molecule has 0 N–H and O–H groups in total. The van der Waals surface area contributed by atoms with Gasteiger partial charge in [0.15, 0.2) is 0 Å². The number of hydrogen-bond donors (Lipinski definition) is 0. The molecule has 11 aromatic rings. The first-order valence-corrected chi connectivity index (χ1v) is 19.8. The van der Waals surface area contributed by atoms with Crippen molar-refractivity contribution in [1.29, 1.82) is 0 Å². The second-order valence-electron chi connectivity index (χ2n) is 14.9. The van der Waals surface area contributed by atoms with Crippen LogP contribution in [0.15, 0.2) is 229 Å². The third kappa shape index (κ3) is 5.91. The maximum absolute atomic E-state index is 6.21. The number of nitrogens with zero attached hydrogens (tertiary/aromatic N) is 1. The lowest BCUT2D eigenvalue weighted by atomic mass is 9.92. The van der Waals surface area contributed by atoms with Gasteiger partial charge in [-0.3, -0.25) is 0 Å². The zero-order valence-corrected chi connectivity index (χ0v) is 31.7. The molecule has 0 aliphatic carbocycles. The van der Waals surface area contributed by atoms with Crippen LogP contribution in [0.3, 0.4) is 0 Å². The molecule has 10 aromatic carbocycles. The number of fused-ring (bicyclic) bond motifs is 6. The first kappa shape index (κ1) is 33.6. The fraction of sp³-hybridized carbons (Fsp3) is 0. The average molecular weight is 740 g/mol. The van der Waals surface area contributed by atoms with Crippen LogP contribution in [0.1, 0.15) is 0 Å². The molecule has 58 heavy (non-hydrogen) atoms. The van der Waals surface area contributed by atoms with E-state index >= 15 is 0 Å². The van der Waals surface area contributed by atoms with E-state index in [4.69, 9.17) is 4.42 Å². The summed E-state index contributed by atoms with van der Waals surface area (Å²) < 4.78 is 6.21. The molecule has 1 heterocycles. The molecule has 0 amide bonds. The fourth-order valence-electron chi connectivity index (χ4n) is 8.64. The van der Waals surface area contributed by atoms with E-state index < -0.39 is 0 Å². The van der Waals surface area contributed by atoms with Gasteiger partial charge in [0.2, 0.25) is 0 Å². The molecule has 1 aromatic heterocycles. The van der Waals surface area contributed by atoms with E-state index in [0.29, 0.717) is 0 Å². The third-order valence-electron chi connectivity index (χ3n) is 11.5. The summed E-state index contributed by atoms with van der Waals surface area (Å²) >= 11 is 0. The molecule has 272 valence electrons. The summed E-state index contributed by atoms with van der Waals surface area (Å²) in [7, 11) is 0. The summed E-state index contributed by atoms with van der Waals surface area (Å²) in [6.07, 6.45) is 0. The molecule has 0 saturated carbocycles. The van der Waals surface area contributed by atoms with Gasteiger partial charge in [0.05, 0.1) is 0 Å². The van der Waals surface area contributed by atoms with Crippen molar-refractivity contribution < 1.29 is 4.42 Å². The van der Waals surface area contributed by atoms with Crippen LogP contribution in [-0.4, -0.2) is 0 Å². The van der Waals surface area contributed by atoms with Gasteiger partial charge >= 0.3 is 0 Å². The largest absolute Gasteiger partial charge is 0.456 e. The first-order valence-electron chi connectivity index (χ1n) is 19.8. The molecule has 0 spiro atoms. The highest BCUT2D eigenvalue weighted by Gasteiger charge is 2.18.